The predicted molar refractivity (Wildman–Crippen MR) is 160 cm³/mol. The summed E-state index contributed by atoms with van der Waals surface area (Å²) < 4.78 is 59.9. The van der Waals surface area contributed by atoms with Crippen molar-refractivity contribution in [2.45, 2.75) is 44.8 Å². The average Bonchev–Trinajstić information content (AvgIpc) is 3.00. The Bertz CT molecular complexity index is 1410. The summed E-state index contributed by atoms with van der Waals surface area (Å²) in [5.41, 5.74) is 1.56. The number of nitrogens with zero attached hydrogens (tertiary/aromatic N) is 3. The molecule has 0 radical (unpaired) electrons. The number of carboxylic acids is 1. The van der Waals surface area contributed by atoms with Gasteiger partial charge in [0.05, 0.1) is 32.3 Å². The highest BCUT2D eigenvalue weighted by Gasteiger charge is 2.37. The third kappa shape index (κ3) is 8.19. The number of hydrogen-bond acceptors (Lipinski definition) is 7. The number of fused-ring (bicyclic) bond motifs is 1. The highest BCUT2D eigenvalue weighted by molar-refractivity contribution is 5.85. The van der Waals surface area contributed by atoms with E-state index in [4.69, 9.17) is 14.2 Å². The number of halogens is 3. The molecule has 0 saturated carbocycles. The summed E-state index contributed by atoms with van der Waals surface area (Å²) in [6.07, 6.45) is 2.24. The van der Waals surface area contributed by atoms with Crippen LogP contribution in [-0.2, 0) is 16.1 Å². The third-order valence-electron chi connectivity index (χ3n) is 8.89. The Kier molecular flexibility index (Phi) is 10.6. The fourth-order valence-electron chi connectivity index (χ4n) is 6.43. The van der Waals surface area contributed by atoms with Crippen LogP contribution in [0, 0.1) is 17.0 Å². The lowest BCUT2D eigenvalue weighted by atomic mass is 9.71. The highest BCUT2D eigenvalue weighted by atomic mass is 19.1. The molecule has 0 bridgehead atoms. The van der Waals surface area contributed by atoms with E-state index in [1.165, 1.54) is 0 Å². The molecule has 2 aromatic carbocycles. The van der Waals surface area contributed by atoms with Crippen molar-refractivity contribution in [2.24, 2.45) is 5.41 Å². The Morgan fingerprint density at radius 2 is 1.77 bits per heavy atom. The number of aromatic nitrogens is 1. The van der Waals surface area contributed by atoms with Crippen molar-refractivity contribution >= 4 is 16.9 Å². The number of morpholine rings is 1. The zero-order valence-corrected chi connectivity index (χ0v) is 25.1. The van der Waals surface area contributed by atoms with E-state index < -0.39 is 29.2 Å². The minimum absolute atomic E-state index is 0.0296. The molecule has 0 spiro atoms. The summed E-state index contributed by atoms with van der Waals surface area (Å²) in [7, 11) is 1.58. The van der Waals surface area contributed by atoms with Gasteiger partial charge in [-0.1, -0.05) is 0 Å². The topological polar surface area (TPSA) is 84.4 Å². The van der Waals surface area contributed by atoms with Crippen molar-refractivity contribution in [3.05, 3.63) is 65.4 Å². The van der Waals surface area contributed by atoms with Crippen LogP contribution in [0.25, 0.3) is 10.9 Å². The van der Waals surface area contributed by atoms with Gasteiger partial charge in [-0.15, -0.1) is 0 Å². The average molecular weight is 616 g/mol. The standard InChI is InChI=1S/C33H40F3N3O5/c1-42-26-2-3-30-28(19-26)32(23(21-37-30)22-39-10-13-43-14-11-39)29(36)4-5-33(20-31(40)41)6-8-38(9-7-33)12-15-44-27-17-24(34)16-25(35)18-27/h2-3,16-19,21,29H,4-15,20,22H2,1H3,(H,40,41)/t29-/m0/s1. The fourth-order valence-corrected chi connectivity index (χ4v) is 6.43. The van der Waals surface area contributed by atoms with E-state index in [1.54, 1.807) is 13.3 Å². The summed E-state index contributed by atoms with van der Waals surface area (Å²) >= 11 is 0. The highest BCUT2D eigenvalue weighted by Crippen LogP contribution is 2.43. The van der Waals surface area contributed by atoms with Gasteiger partial charge in [-0.05, 0) is 68.0 Å². The minimum Gasteiger partial charge on any atom is -0.497 e. The number of benzene rings is 2. The SMILES string of the molecule is COc1ccc2ncc(CN3CCOCC3)c([C@@H](F)CCC3(CC(=O)O)CCN(CCOc4cc(F)cc(F)c4)CC3)c2c1. The second kappa shape index (κ2) is 14.6. The molecule has 238 valence electrons. The number of alkyl halides is 1. The maximum atomic E-state index is 16.5. The third-order valence-corrected chi connectivity index (χ3v) is 8.89. The molecule has 44 heavy (non-hydrogen) atoms. The minimum atomic E-state index is -1.31. The Morgan fingerprint density at radius 1 is 1.05 bits per heavy atom. The predicted octanol–water partition coefficient (Wildman–Crippen LogP) is 5.78. The zero-order chi connectivity index (χ0) is 31.1. The van der Waals surface area contributed by atoms with Gasteiger partial charge in [0.25, 0.3) is 0 Å². The van der Waals surface area contributed by atoms with Crippen LogP contribution in [0.1, 0.15) is 49.4 Å². The molecule has 1 N–H and O–H groups in total. The second-order valence-electron chi connectivity index (χ2n) is 11.8. The van der Waals surface area contributed by atoms with Crippen molar-refractivity contribution in [3.8, 4) is 11.5 Å². The second-order valence-corrected chi connectivity index (χ2v) is 11.8. The van der Waals surface area contributed by atoms with E-state index in [9.17, 15) is 18.7 Å². The van der Waals surface area contributed by atoms with Crippen molar-refractivity contribution < 1.29 is 37.3 Å². The molecule has 2 fully saturated rings. The number of rotatable bonds is 13. The van der Waals surface area contributed by atoms with E-state index in [0.29, 0.717) is 80.9 Å². The first-order valence-corrected chi connectivity index (χ1v) is 15.2. The number of likely N-dealkylation sites (tertiary alicyclic amines) is 1. The summed E-state index contributed by atoms with van der Waals surface area (Å²) in [5, 5.41) is 10.5. The Balaban J connectivity index is 1.27. The van der Waals surface area contributed by atoms with Gasteiger partial charge < -0.3 is 19.3 Å². The number of carboxylic acid groups (broad SMARTS) is 1. The first-order chi connectivity index (χ1) is 21.2. The molecule has 0 aliphatic carbocycles. The van der Waals surface area contributed by atoms with Crippen LogP contribution in [0.3, 0.4) is 0 Å². The van der Waals surface area contributed by atoms with Gasteiger partial charge in [0, 0.05) is 61.5 Å². The lowest BCUT2D eigenvalue weighted by Gasteiger charge is -2.41. The molecule has 0 amide bonds. The molecular formula is C33H40F3N3O5. The zero-order valence-electron chi connectivity index (χ0n) is 25.1. The molecule has 3 aromatic rings. The number of carbonyl (C=O) groups is 1. The Morgan fingerprint density at radius 3 is 2.45 bits per heavy atom. The quantitative estimate of drug-likeness (QED) is 0.259. The molecule has 2 saturated heterocycles. The van der Waals surface area contributed by atoms with Gasteiger partial charge in [-0.2, -0.15) is 0 Å². The molecule has 0 unspecified atom stereocenters. The van der Waals surface area contributed by atoms with E-state index in [1.807, 2.05) is 18.2 Å². The van der Waals surface area contributed by atoms with Crippen LogP contribution in [0.15, 0.2) is 42.6 Å². The van der Waals surface area contributed by atoms with Gasteiger partial charge in [-0.25, -0.2) is 13.2 Å². The smallest absolute Gasteiger partial charge is 0.303 e. The van der Waals surface area contributed by atoms with Crippen LogP contribution in [0.5, 0.6) is 11.5 Å². The maximum absolute atomic E-state index is 16.5. The Labute approximate surface area is 255 Å². The maximum Gasteiger partial charge on any atom is 0.303 e. The van der Waals surface area contributed by atoms with Crippen molar-refractivity contribution in [2.75, 3.05) is 59.7 Å². The number of aliphatic carboxylic acids is 1. The van der Waals surface area contributed by atoms with Gasteiger partial charge in [0.15, 0.2) is 0 Å². The van der Waals surface area contributed by atoms with Gasteiger partial charge in [0.1, 0.15) is 35.9 Å². The van der Waals surface area contributed by atoms with Gasteiger partial charge in [-0.3, -0.25) is 19.6 Å². The van der Waals surface area contributed by atoms with Crippen molar-refractivity contribution in [3.63, 3.8) is 0 Å². The van der Waals surface area contributed by atoms with Gasteiger partial charge >= 0.3 is 5.97 Å². The molecule has 2 aliphatic heterocycles. The summed E-state index contributed by atoms with van der Waals surface area (Å²) in [6.45, 7) is 5.36. The first-order valence-electron chi connectivity index (χ1n) is 15.2. The van der Waals surface area contributed by atoms with E-state index >= 15 is 4.39 Å². The Hall–Kier alpha value is -3.41. The summed E-state index contributed by atoms with van der Waals surface area (Å²) in [6, 6.07) is 8.54. The van der Waals surface area contributed by atoms with Crippen LogP contribution in [0.4, 0.5) is 13.2 Å². The normalized spacial score (nSPS) is 18.3. The van der Waals surface area contributed by atoms with E-state index in [0.717, 1.165) is 36.9 Å². The molecule has 3 heterocycles. The largest absolute Gasteiger partial charge is 0.497 e. The number of methoxy groups -OCH3 is 1. The number of piperidine rings is 1. The fraction of sp³-hybridized carbons (Fsp3) is 0.515. The molecular weight excluding hydrogens is 575 g/mol. The van der Waals surface area contributed by atoms with Crippen LogP contribution in [-0.4, -0.2) is 85.5 Å². The molecule has 8 nitrogen and oxygen atoms in total. The number of pyridine rings is 1. The van der Waals surface area contributed by atoms with Crippen LogP contribution in [0.2, 0.25) is 0 Å². The van der Waals surface area contributed by atoms with Crippen molar-refractivity contribution in [1.82, 2.24) is 14.8 Å². The lowest BCUT2D eigenvalue weighted by Crippen LogP contribution is -2.42. The van der Waals surface area contributed by atoms with Crippen LogP contribution >= 0.6 is 0 Å². The number of ether oxygens (including phenoxy) is 3. The van der Waals surface area contributed by atoms with Crippen molar-refractivity contribution in [1.29, 1.82) is 0 Å². The van der Waals surface area contributed by atoms with Gasteiger partial charge in [0.2, 0.25) is 0 Å². The molecule has 1 aromatic heterocycles. The van der Waals surface area contributed by atoms with E-state index in [2.05, 4.69) is 14.8 Å². The van der Waals surface area contributed by atoms with Crippen LogP contribution < -0.4 is 9.47 Å². The lowest BCUT2D eigenvalue weighted by molar-refractivity contribution is -0.141. The monoisotopic (exact) mass is 615 g/mol. The first kappa shape index (κ1) is 32.0. The summed E-state index contributed by atoms with van der Waals surface area (Å²) in [4.78, 5) is 20.9. The number of hydrogen-bond donors (Lipinski definition) is 1. The molecule has 1 atom stereocenters. The molecule has 2 aliphatic rings. The molecule has 5 rings (SSSR count). The van der Waals surface area contributed by atoms with E-state index in [-0.39, 0.29) is 25.2 Å². The molecule has 11 heteroatoms. The summed E-state index contributed by atoms with van der Waals surface area (Å²) in [5.74, 6) is -1.54.